The Kier molecular flexibility index (Phi) is 7.79. The maximum absolute atomic E-state index is 13.6. The lowest BCUT2D eigenvalue weighted by molar-refractivity contribution is -0.159. The molecule has 5 rings (SSSR count). The lowest BCUT2D eigenvalue weighted by atomic mass is 10.1. The number of carbonyl (C=O) groups excluding carboxylic acids is 2. The van der Waals surface area contributed by atoms with Crippen molar-refractivity contribution >= 4 is 17.5 Å². The number of carbonyl (C=O) groups is 2. The number of morpholine rings is 2. The molecule has 2 amide bonds. The molecule has 2 saturated heterocycles. The zero-order valence-corrected chi connectivity index (χ0v) is 20.8. The highest BCUT2D eigenvalue weighted by Crippen LogP contribution is 2.29. The molecular formula is C26H26F3N5O5. The molecule has 1 atom stereocenters. The van der Waals surface area contributed by atoms with Gasteiger partial charge in [0.15, 0.2) is 0 Å². The van der Waals surface area contributed by atoms with E-state index in [0.717, 1.165) is 5.69 Å². The summed E-state index contributed by atoms with van der Waals surface area (Å²) in [6.45, 7) is 3.79. The SMILES string of the molecule is O=C(NC[C@H]1COCCN1C(=O)c1ccccc1N1CCOCC1)c1ccc(-c2noc(C(F)(F)F)n2)cc1. The molecule has 0 saturated carbocycles. The molecule has 0 radical (unpaired) electrons. The summed E-state index contributed by atoms with van der Waals surface area (Å²) in [6, 6.07) is 12.9. The molecule has 0 bridgehead atoms. The van der Waals surface area contributed by atoms with Gasteiger partial charge in [0.25, 0.3) is 11.8 Å². The first-order chi connectivity index (χ1) is 18.8. The summed E-state index contributed by atoms with van der Waals surface area (Å²) in [5, 5.41) is 6.17. The molecule has 3 aromatic rings. The van der Waals surface area contributed by atoms with Crippen LogP contribution in [-0.4, -0.2) is 85.5 Å². The number of alkyl halides is 3. The van der Waals surface area contributed by atoms with Gasteiger partial charge >= 0.3 is 12.1 Å². The van der Waals surface area contributed by atoms with Crippen LogP contribution in [0.2, 0.25) is 0 Å². The molecule has 0 unspecified atom stereocenters. The third-order valence-electron chi connectivity index (χ3n) is 6.55. The fourth-order valence-corrected chi connectivity index (χ4v) is 4.52. The second kappa shape index (κ2) is 11.4. The molecule has 1 N–H and O–H groups in total. The summed E-state index contributed by atoms with van der Waals surface area (Å²) in [4.78, 5) is 33.6. The minimum absolute atomic E-state index is 0.137. The number of para-hydroxylation sites is 1. The van der Waals surface area contributed by atoms with Crippen LogP contribution >= 0.6 is 0 Å². The minimum Gasteiger partial charge on any atom is -0.378 e. The molecule has 1 aromatic heterocycles. The molecule has 2 aliphatic heterocycles. The van der Waals surface area contributed by atoms with E-state index >= 15 is 0 Å². The maximum atomic E-state index is 13.6. The first-order valence-corrected chi connectivity index (χ1v) is 12.4. The number of halogens is 3. The smallest absolute Gasteiger partial charge is 0.378 e. The highest BCUT2D eigenvalue weighted by atomic mass is 19.4. The molecule has 13 heteroatoms. The van der Waals surface area contributed by atoms with E-state index < -0.39 is 18.0 Å². The van der Waals surface area contributed by atoms with E-state index in [0.29, 0.717) is 45.0 Å². The Morgan fingerprint density at radius 2 is 1.69 bits per heavy atom. The zero-order valence-electron chi connectivity index (χ0n) is 20.8. The van der Waals surface area contributed by atoms with Gasteiger partial charge in [-0.25, -0.2) is 0 Å². The average molecular weight is 546 g/mol. The molecule has 39 heavy (non-hydrogen) atoms. The Morgan fingerprint density at radius 1 is 0.974 bits per heavy atom. The summed E-state index contributed by atoms with van der Waals surface area (Å²) < 4.78 is 53.4. The number of nitrogens with zero attached hydrogens (tertiary/aromatic N) is 4. The van der Waals surface area contributed by atoms with E-state index in [2.05, 4.69) is 24.9 Å². The quantitative estimate of drug-likeness (QED) is 0.504. The highest BCUT2D eigenvalue weighted by Gasteiger charge is 2.38. The van der Waals surface area contributed by atoms with E-state index in [4.69, 9.17) is 9.47 Å². The minimum atomic E-state index is -4.74. The molecule has 2 aliphatic rings. The Hall–Kier alpha value is -3.97. The van der Waals surface area contributed by atoms with Crippen LogP contribution in [0.25, 0.3) is 11.4 Å². The monoisotopic (exact) mass is 545 g/mol. The number of ether oxygens (including phenoxy) is 2. The zero-order chi connectivity index (χ0) is 27.4. The fraction of sp³-hybridized carbons (Fsp3) is 0.385. The van der Waals surface area contributed by atoms with Gasteiger partial charge in [-0.15, -0.1) is 0 Å². The van der Waals surface area contributed by atoms with Gasteiger partial charge in [-0.05, 0) is 24.3 Å². The largest absolute Gasteiger partial charge is 0.471 e. The van der Waals surface area contributed by atoms with E-state index in [1.165, 1.54) is 24.3 Å². The molecular weight excluding hydrogens is 519 g/mol. The second-order valence-corrected chi connectivity index (χ2v) is 9.05. The van der Waals surface area contributed by atoms with Crippen molar-refractivity contribution < 1.29 is 36.8 Å². The van der Waals surface area contributed by atoms with E-state index in [1.54, 1.807) is 11.0 Å². The van der Waals surface area contributed by atoms with Crippen molar-refractivity contribution in [3.8, 4) is 11.4 Å². The van der Waals surface area contributed by atoms with Gasteiger partial charge in [-0.1, -0.05) is 29.4 Å². The Bertz CT molecular complexity index is 1310. The number of hydrogen-bond donors (Lipinski definition) is 1. The second-order valence-electron chi connectivity index (χ2n) is 9.05. The number of nitrogens with one attached hydrogen (secondary N) is 1. The van der Waals surface area contributed by atoms with Crippen molar-refractivity contribution in [1.82, 2.24) is 20.4 Å². The Morgan fingerprint density at radius 3 is 2.41 bits per heavy atom. The summed E-state index contributed by atoms with van der Waals surface area (Å²) in [5.74, 6) is -2.22. The van der Waals surface area contributed by atoms with Crippen LogP contribution in [-0.2, 0) is 15.7 Å². The summed E-state index contributed by atoms with van der Waals surface area (Å²) in [6.07, 6.45) is -4.74. The number of anilines is 1. The third kappa shape index (κ3) is 6.04. The average Bonchev–Trinajstić information content (AvgIpc) is 3.48. The Labute approximate surface area is 221 Å². The topological polar surface area (TPSA) is 110 Å². The van der Waals surface area contributed by atoms with E-state index in [9.17, 15) is 22.8 Å². The number of aromatic nitrogens is 2. The standard InChI is InChI=1S/C26H26F3N5O5/c27-26(28,29)25-31-22(32-39-25)17-5-7-18(8-6-17)23(35)30-15-19-16-38-14-11-34(19)24(36)20-3-1-2-4-21(20)33-9-12-37-13-10-33/h1-8,19H,9-16H2,(H,30,35)/t19-/m0/s1. The van der Waals surface area contributed by atoms with Gasteiger partial charge < -0.3 is 29.1 Å². The van der Waals surface area contributed by atoms with Crippen LogP contribution in [0.5, 0.6) is 0 Å². The molecule has 206 valence electrons. The normalized spacial score (nSPS) is 18.2. The third-order valence-corrected chi connectivity index (χ3v) is 6.55. The predicted octanol–water partition coefficient (Wildman–Crippen LogP) is 2.86. The molecule has 10 nitrogen and oxygen atoms in total. The molecule has 2 aromatic carbocycles. The van der Waals surface area contributed by atoms with Crippen molar-refractivity contribution in [3.05, 3.63) is 65.5 Å². The lowest BCUT2D eigenvalue weighted by Gasteiger charge is -2.37. The van der Waals surface area contributed by atoms with Gasteiger partial charge in [-0.2, -0.15) is 18.2 Å². The van der Waals surface area contributed by atoms with Gasteiger partial charge in [0.1, 0.15) is 0 Å². The van der Waals surface area contributed by atoms with E-state index in [1.807, 2.05) is 18.2 Å². The van der Waals surface area contributed by atoms with Gasteiger partial charge in [0.05, 0.1) is 38.0 Å². The van der Waals surface area contributed by atoms with E-state index in [-0.39, 0.29) is 42.1 Å². The van der Waals surface area contributed by atoms with Crippen LogP contribution in [0.1, 0.15) is 26.6 Å². The number of rotatable bonds is 6. The van der Waals surface area contributed by atoms with Gasteiger partial charge in [-0.3, -0.25) is 9.59 Å². The predicted molar refractivity (Wildman–Crippen MR) is 132 cm³/mol. The molecule has 2 fully saturated rings. The van der Waals surface area contributed by atoms with Crippen LogP contribution in [0.4, 0.5) is 18.9 Å². The molecule has 3 heterocycles. The number of hydrogen-bond acceptors (Lipinski definition) is 8. The van der Waals surface area contributed by atoms with Crippen molar-refractivity contribution in [2.45, 2.75) is 12.2 Å². The first-order valence-electron chi connectivity index (χ1n) is 12.4. The summed E-state index contributed by atoms with van der Waals surface area (Å²) >= 11 is 0. The van der Waals surface area contributed by atoms with Crippen molar-refractivity contribution in [2.24, 2.45) is 0 Å². The van der Waals surface area contributed by atoms with Crippen LogP contribution < -0.4 is 10.2 Å². The first kappa shape index (κ1) is 26.6. The van der Waals surface area contributed by atoms with Crippen molar-refractivity contribution in [3.63, 3.8) is 0 Å². The van der Waals surface area contributed by atoms with Crippen LogP contribution in [0.3, 0.4) is 0 Å². The number of benzene rings is 2. The van der Waals surface area contributed by atoms with Crippen LogP contribution in [0.15, 0.2) is 53.1 Å². The van der Waals surface area contributed by atoms with Gasteiger partial charge in [0.2, 0.25) is 5.82 Å². The maximum Gasteiger partial charge on any atom is 0.471 e. The fourth-order valence-electron chi connectivity index (χ4n) is 4.52. The summed E-state index contributed by atoms with van der Waals surface area (Å²) in [5.41, 5.74) is 1.99. The Balaban J connectivity index is 1.24. The summed E-state index contributed by atoms with van der Waals surface area (Å²) in [7, 11) is 0. The van der Waals surface area contributed by atoms with Gasteiger partial charge in [0, 0.05) is 43.0 Å². The lowest BCUT2D eigenvalue weighted by Crippen LogP contribution is -2.53. The van der Waals surface area contributed by atoms with Crippen molar-refractivity contribution in [1.29, 1.82) is 0 Å². The molecule has 0 aliphatic carbocycles. The van der Waals surface area contributed by atoms with Crippen molar-refractivity contribution in [2.75, 3.05) is 57.5 Å². The molecule has 0 spiro atoms. The van der Waals surface area contributed by atoms with Crippen LogP contribution in [0, 0.1) is 0 Å². The number of amides is 2. The highest BCUT2D eigenvalue weighted by molar-refractivity contribution is 6.00.